The van der Waals surface area contributed by atoms with E-state index in [1.54, 1.807) is 4.68 Å². The van der Waals surface area contributed by atoms with Crippen LogP contribution in [0.25, 0.3) is 11.3 Å². The van der Waals surface area contributed by atoms with Gasteiger partial charge in [0.25, 0.3) is 0 Å². The van der Waals surface area contributed by atoms with Crippen LogP contribution in [0.2, 0.25) is 0 Å². The smallest absolute Gasteiger partial charge is 0.218 e. The number of hydrogen-bond acceptors (Lipinski definition) is 4. The molecule has 6 nitrogen and oxygen atoms in total. The van der Waals surface area contributed by atoms with Crippen molar-refractivity contribution in [2.45, 2.75) is 11.8 Å². The number of benzene rings is 2. The molecule has 1 aromatic heterocycles. The molecule has 1 aliphatic heterocycles. The number of hydrogen-bond donors (Lipinski definition) is 0. The van der Waals surface area contributed by atoms with Gasteiger partial charge in [0.05, 0.1) is 18.0 Å². The van der Waals surface area contributed by atoms with Crippen molar-refractivity contribution in [3.63, 3.8) is 0 Å². The van der Waals surface area contributed by atoms with E-state index in [-0.39, 0.29) is 17.6 Å². The minimum absolute atomic E-state index is 0.0250. The molecule has 2 aromatic carbocycles. The maximum atomic E-state index is 12.9. The molecule has 8 heteroatoms. The zero-order valence-corrected chi connectivity index (χ0v) is 14.7. The van der Waals surface area contributed by atoms with Gasteiger partial charge in [0.2, 0.25) is 10.0 Å². The molecule has 0 bridgehead atoms. The molecule has 0 N–H and O–H groups in total. The number of halogens is 1. The summed E-state index contributed by atoms with van der Waals surface area (Å²) in [7, 11) is -3.43. The monoisotopic (exact) mass is 372 g/mol. The van der Waals surface area contributed by atoms with Crippen molar-refractivity contribution in [3.05, 3.63) is 72.2 Å². The van der Waals surface area contributed by atoms with Gasteiger partial charge in [-0.1, -0.05) is 47.7 Å². The minimum atomic E-state index is -3.43. The largest absolute Gasteiger partial charge is 0.246 e. The maximum Gasteiger partial charge on any atom is 0.218 e. The third-order valence-corrected chi connectivity index (χ3v) is 6.22. The van der Waals surface area contributed by atoms with Crippen molar-refractivity contribution in [3.8, 4) is 11.3 Å². The summed E-state index contributed by atoms with van der Waals surface area (Å²) in [6.45, 7) is 0.724. The van der Waals surface area contributed by atoms with Gasteiger partial charge in [-0.25, -0.2) is 17.5 Å². The summed E-state index contributed by atoms with van der Waals surface area (Å²) in [6.07, 6.45) is 1.84. The van der Waals surface area contributed by atoms with Crippen molar-refractivity contribution in [1.29, 1.82) is 0 Å². The molecular weight excluding hydrogens is 355 g/mol. The maximum absolute atomic E-state index is 12.9. The molecule has 0 radical (unpaired) electrons. The molecule has 3 aromatic rings. The molecule has 1 saturated heterocycles. The van der Waals surface area contributed by atoms with E-state index in [2.05, 4.69) is 10.3 Å². The summed E-state index contributed by atoms with van der Waals surface area (Å²) in [4.78, 5) is 0. The van der Waals surface area contributed by atoms with Gasteiger partial charge in [0.1, 0.15) is 11.5 Å². The predicted molar refractivity (Wildman–Crippen MR) is 95.1 cm³/mol. The summed E-state index contributed by atoms with van der Waals surface area (Å²) in [5.74, 6) is -0.511. The zero-order chi connectivity index (χ0) is 18.1. The van der Waals surface area contributed by atoms with Crippen molar-refractivity contribution >= 4 is 10.0 Å². The SMILES string of the molecule is O=S(=O)(Cc1ccc(F)cc1)N1CC(n2cc(-c3ccccc3)nn2)C1. The quantitative estimate of drug-likeness (QED) is 0.690. The topological polar surface area (TPSA) is 68.1 Å². The molecule has 0 aliphatic carbocycles. The Morgan fingerprint density at radius 3 is 2.42 bits per heavy atom. The number of rotatable bonds is 5. The van der Waals surface area contributed by atoms with Gasteiger partial charge < -0.3 is 0 Å². The third kappa shape index (κ3) is 3.38. The van der Waals surface area contributed by atoms with E-state index in [9.17, 15) is 12.8 Å². The summed E-state index contributed by atoms with van der Waals surface area (Å²) in [5.41, 5.74) is 2.30. The first-order valence-corrected chi connectivity index (χ1v) is 9.82. The summed E-state index contributed by atoms with van der Waals surface area (Å²) >= 11 is 0. The van der Waals surface area contributed by atoms with Crippen LogP contribution in [0.4, 0.5) is 4.39 Å². The average molecular weight is 372 g/mol. The Labute approximate surface area is 150 Å². The van der Waals surface area contributed by atoms with E-state index >= 15 is 0 Å². The van der Waals surface area contributed by atoms with Gasteiger partial charge in [0.15, 0.2) is 0 Å². The van der Waals surface area contributed by atoms with E-state index in [0.29, 0.717) is 18.7 Å². The molecule has 0 spiro atoms. The van der Waals surface area contributed by atoms with Gasteiger partial charge in [-0.3, -0.25) is 0 Å². The van der Waals surface area contributed by atoms with Crippen LogP contribution in [0.5, 0.6) is 0 Å². The van der Waals surface area contributed by atoms with Gasteiger partial charge in [-0.2, -0.15) is 4.31 Å². The van der Waals surface area contributed by atoms with E-state index in [4.69, 9.17) is 0 Å². The normalized spacial score (nSPS) is 15.7. The highest BCUT2D eigenvalue weighted by Crippen LogP contribution is 2.27. The van der Waals surface area contributed by atoms with Crippen LogP contribution < -0.4 is 0 Å². The van der Waals surface area contributed by atoms with E-state index in [0.717, 1.165) is 11.3 Å². The number of sulfonamides is 1. The molecule has 134 valence electrons. The first-order valence-electron chi connectivity index (χ1n) is 8.21. The highest BCUT2D eigenvalue weighted by atomic mass is 32.2. The summed E-state index contributed by atoms with van der Waals surface area (Å²) in [5, 5.41) is 8.29. The van der Waals surface area contributed by atoms with Crippen molar-refractivity contribution in [1.82, 2.24) is 19.3 Å². The highest BCUT2D eigenvalue weighted by Gasteiger charge is 2.37. The molecule has 0 amide bonds. The lowest BCUT2D eigenvalue weighted by Gasteiger charge is -2.37. The second-order valence-electron chi connectivity index (χ2n) is 6.30. The second kappa shape index (κ2) is 6.62. The van der Waals surface area contributed by atoms with Crippen LogP contribution >= 0.6 is 0 Å². The molecular formula is C18H17FN4O2S. The molecule has 0 atom stereocenters. The first kappa shape index (κ1) is 16.9. The lowest BCUT2D eigenvalue weighted by Crippen LogP contribution is -2.51. The fourth-order valence-corrected chi connectivity index (χ4v) is 4.48. The Hall–Kier alpha value is -2.58. The van der Waals surface area contributed by atoms with Crippen molar-refractivity contribution < 1.29 is 12.8 Å². The molecule has 2 heterocycles. The standard InChI is InChI=1S/C18H17FN4O2S/c19-16-8-6-14(7-9-16)13-26(24,25)22-10-17(11-22)23-12-18(20-21-23)15-4-2-1-3-5-15/h1-9,12,17H,10-11,13H2. The lowest BCUT2D eigenvalue weighted by atomic mass is 10.1. The van der Waals surface area contributed by atoms with Gasteiger partial charge in [-0.15, -0.1) is 5.10 Å². The molecule has 0 unspecified atom stereocenters. The van der Waals surface area contributed by atoms with Crippen molar-refractivity contribution in [2.75, 3.05) is 13.1 Å². The minimum Gasteiger partial charge on any atom is -0.246 e. The summed E-state index contributed by atoms with van der Waals surface area (Å²) < 4.78 is 41.0. The molecule has 0 saturated carbocycles. The molecule has 26 heavy (non-hydrogen) atoms. The Morgan fingerprint density at radius 2 is 1.73 bits per heavy atom. The van der Waals surface area contributed by atoms with E-state index in [1.807, 2.05) is 36.5 Å². The van der Waals surface area contributed by atoms with E-state index in [1.165, 1.54) is 28.6 Å². The van der Waals surface area contributed by atoms with Gasteiger partial charge in [-0.05, 0) is 17.7 Å². The number of nitrogens with zero attached hydrogens (tertiary/aromatic N) is 4. The highest BCUT2D eigenvalue weighted by molar-refractivity contribution is 7.88. The summed E-state index contributed by atoms with van der Waals surface area (Å²) in [6, 6.07) is 15.2. The van der Waals surface area contributed by atoms with E-state index < -0.39 is 10.0 Å². The average Bonchev–Trinajstić information content (AvgIpc) is 3.05. The van der Waals surface area contributed by atoms with Crippen LogP contribution in [0.3, 0.4) is 0 Å². The lowest BCUT2D eigenvalue weighted by molar-refractivity contribution is 0.188. The third-order valence-electron chi connectivity index (χ3n) is 4.44. The van der Waals surface area contributed by atoms with Gasteiger partial charge in [0, 0.05) is 18.7 Å². The Morgan fingerprint density at radius 1 is 1.04 bits per heavy atom. The van der Waals surface area contributed by atoms with Crippen LogP contribution in [0.15, 0.2) is 60.8 Å². The number of aromatic nitrogens is 3. The fraction of sp³-hybridized carbons (Fsp3) is 0.222. The van der Waals surface area contributed by atoms with Crippen LogP contribution in [0.1, 0.15) is 11.6 Å². The molecule has 4 rings (SSSR count). The Balaban J connectivity index is 1.40. The second-order valence-corrected chi connectivity index (χ2v) is 8.27. The van der Waals surface area contributed by atoms with Gasteiger partial charge >= 0.3 is 0 Å². The predicted octanol–water partition coefficient (Wildman–Crippen LogP) is 2.47. The van der Waals surface area contributed by atoms with Crippen LogP contribution in [-0.2, 0) is 15.8 Å². The Kier molecular flexibility index (Phi) is 4.29. The molecule has 1 fully saturated rings. The fourth-order valence-electron chi connectivity index (χ4n) is 2.89. The van der Waals surface area contributed by atoms with Crippen LogP contribution in [-0.4, -0.2) is 40.8 Å². The van der Waals surface area contributed by atoms with Crippen LogP contribution in [0, 0.1) is 5.82 Å². The van der Waals surface area contributed by atoms with Crippen molar-refractivity contribution in [2.24, 2.45) is 0 Å². The Bertz CT molecular complexity index is 997. The zero-order valence-electron chi connectivity index (χ0n) is 13.9. The molecule has 1 aliphatic rings. The first-order chi connectivity index (χ1) is 12.5.